The zero-order valence-electron chi connectivity index (χ0n) is 17.2. The molecule has 5 nitrogen and oxygen atoms in total. The Hall–Kier alpha value is -3.07. The average molecular weight is 459 g/mol. The molecule has 1 N–H and O–H groups in total. The largest absolute Gasteiger partial charge is 0.437 e. The van der Waals surface area contributed by atoms with Crippen LogP contribution in [0.2, 0.25) is 0 Å². The number of thioether (sulfide) groups is 1. The van der Waals surface area contributed by atoms with Gasteiger partial charge in [-0.25, -0.2) is 9.97 Å². The number of fused-ring (bicyclic) bond motifs is 1. The van der Waals surface area contributed by atoms with Crippen molar-refractivity contribution in [2.45, 2.75) is 37.4 Å². The Morgan fingerprint density at radius 1 is 1.12 bits per heavy atom. The van der Waals surface area contributed by atoms with Gasteiger partial charge in [0.15, 0.2) is 0 Å². The Balaban J connectivity index is 1.41. The highest BCUT2D eigenvalue weighted by molar-refractivity contribution is 7.99. The summed E-state index contributed by atoms with van der Waals surface area (Å²) in [6.45, 7) is 2.09. The van der Waals surface area contributed by atoms with Crippen LogP contribution in [0.25, 0.3) is 0 Å². The van der Waals surface area contributed by atoms with Gasteiger partial charge in [-0.15, -0.1) is 0 Å². The number of halogens is 3. The minimum absolute atomic E-state index is 0.0212. The monoisotopic (exact) mass is 459 g/mol. The van der Waals surface area contributed by atoms with E-state index in [1.807, 2.05) is 12.1 Å². The molecular formula is C23H20F3N3O2S. The maximum Gasteiger partial charge on any atom is 0.417 e. The van der Waals surface area contributed by atoms with Gasteiger partial charge in [-0.3, -0.25) is 4.79 Å². The number of aryl methyl sites for hydroxylation is 1. The fourth-order valence-electron chi connectivity index (χ4n) is 3.58. The summed E-state index contributed by atoms with van der Waals surface area (Å²) in [5.74, 6) is 0.660. The molecule has 0 fully saturated rings. The van der Waals surface area contributed by atoms with Crippen molar-refractivity contribution in [1.29, 1.82) is 0 Å². The summed E-state index contributed by atoms with van der Waals surface area (Å²) >= 11 is 1.04. The van der Waals surface area contributed by atoms with Crippen molar-refractivity contribution >= 4 is 23.4 Å². The zero-order chi connectivity index (χ0) is 22.7. The SMILES string of the molecule is Cc1ccc(Oc2ncccc2NC(=O)CSc2ccc(C(F)(F)F)cn2)c2c1CCC2. The van der Waals surface area contributed by atoms with Crippen LogP contribution < -0.4 is 10.1 Å². The van der Waals surface area contributed by atoms with Crippen LogP contribution in [0.3, 0.4) is 0 Å². The van der Waals surface area contributed by atoms with Crippen molar-refractivity contribution in [3.8, 4) is 11.6 Å². The van der Waals surface area contributed by atoms with Crippen molar-refractivity contribution in [2.75, 3.05) is 11.1 Å². The summed E-state index contributed by atoms with van der Waals surface area (Å²) in [5.41, 5.74) is 3.33. The third-order valence-corrected chi connectivity index (χ3v) is 6.09. The Kier molecular flexibility index (Phi) is 6.36. The van der Waals surface area contributed by atoms with Gasteiger partial charge in [0.25, 0.3) is 0 Å². The van der Waals surface area contributed by atoms with Crippen molar-refractivity contribution in [3.05, 3.63) is 71.0 Å². The van der Waals surface area contributed by atoms with E-state index in [1.165, 1.54) is 22.8 Å². The van der Waals surface area contributed by atoms with Gasteiger partial charge in [-0.1, -0.05) is 17.8 Å². The zero-order valence-corrected chi connectivity index (χ0v) is 18.0. The molecular weight excluding hydrogens is 439 g/mol. The maximum atomic E-state index is 12.6. The summed E-state index contributed by atoms with van der Waals surface area (Å²) < 4.78 is 44.0. The molecule has 2 aromatic heterocycles. The number of nitrogens with one attached hydrogen (secondary N) is 1. The van der Waals surface area contributed by atoms with Gasteiger partial charge in [-0.05, 0) is 73.2 Å². The lowest BCUT2D eigenvalue weighted by Gasteiger charge is -2.14. The predicted molar refractivity (Wildman–Crippen MR) is 116 cm³/mol. The Bertz CT molecular complexity index is 1130. The summed E-state index contributed by atoms with van der Waals surface area (Å²) in [6.07, 6.45) is 0.948. The first-order valence-electron chi connectivity index (χ1n) is 10.0. The van der Waals surface area contributed by atoms with Gasteiger partial charge in [0.2, 0.25) is 11.8 Å². The van der Waals surface area contributed by atoms with Gasteiger partial charge < -0.3 is 10.1 Å². The quantitative estimate of drug-likeness (QED) is 0.471. The molecule has 3 aromatic rings. The lowest BCUT2D eigenvalue weighted by atomic mass is 10.0. The van der Waals surface area contributed by atoms with Crippen LogP contribution >= 0.6 is 11.8 Å². The third-order valence-electron chi connectivity index (χ3n) is 5.14. The van der Waals surface area contributed by atoms with Gasteiger partial charge in [0, 0.05) is 12.4 Å². The number of aromatic nitrogens is 2. The van der Waals surface area contributed by atoms with Crippen LogP contribution in [0.5, 0.6) is 11.6 Å². The highest BCUT2D eigenvalue weighted by Gasteiger charge is 2.30. The summed E-state index contributed by atoms with van der Waals surface area (Å²) in [6, 6.07) is 9.51. The molecule has 0 saturated heterocycles. The Labute approximate surface area is 187 Å². The topological polar surface area (TPSA) is 64.1 Å². The van der Waals surface area contributed by atoms with Crippen LogP contribution in [0.1, 0.15) is 28.7 Å². The summed E-state index contributed by atoms with van der Waals surface area (Å²) in [5, 5.41) is 3.09. The number of benzene rings is 1. The molecule has 9 heteroatoms. The van der Waals surface area contributed by atoms with Crippen LogP contribution in [-0.2, 0) is 23.8 Å². The Morgan fingerprint density at radius 3 is 2.69 bits per heavy atom. The molecule has 0 aliphatic heterocycles. The maximum absolute atomic E-state index is 12.6. The van der Waals surface area contributed by atoms with Crippen molar-refractivity contribution in [2.24, 2.45) is 0 Å². The first-order chi connectivity index (χ1) is 15.3. The molecule has 166 valence electrons. The number of rotatable bonds is 6. The highest BCUT2D eigenvalue weighted by atomic mass is 32.2. The fraction of sp³-hybridized carbons (Fsp3) is 0.261. The predicted octanol–water partition coefficient (Wildman–Crippen LogP) is 5.82. The van der Waals surface area contributed by atoms with Crippen LogP contribution in [0, 0.1) is 6.92 Å². The molecule has 1 aliphatic carbocycles. The summed E-state index contributed by atoms with van der Waals surface area (Å²) in [4.78, 5) is 20.5. The number of carbonyl (C=O) groups excluding carboxylic acids is 1. The van der Waals surface area contributed by atoms with Crippen LogP contribution in [-0.4, -0.2) is 21.6 Å². The van der Waals surface area contributed by atoms with Crippen LogP contribution in [0.4, 0.5) is 18.9 Å². The second-order valence-corrected chi connectivity index (χ2v) is 8.36. The molecule has 2 heterocycles. The number of amides is 1. The number of alkyl halides is 3. The van der Waals surface area contributed by atoms with E-state index >= 15 is 0 Å². The first kappa shape index (κ1) is 22.1. The summed E-state index contributed by atoms with van der Waals surface area (Å²) in [7, 11) is 0. The second-order valence-electron chi connectivity index (χ2n) is 7.37. The van der Waals surface area contributed by atoms with Gasteiger partial charge in [0.05, 0.1) is 16.3 Å². The van der Waals surface area contributed by atoms with Crippen molar-refractivity contribution in [3.63, 3.8) is 0 Å². The molecule has 0 saturated carbocycles. The van der Waals surface area contributed by atoms with E-state index < -0.39 is 11.7 Å². The molecule has 0 atom stereocenters. The molecule has 1 amide bonds. The molecule has 32 heavy (non-hydrogen) atoms. The fourth-order valence-corrected chi connectivity index (χ4v) is 4.22. The number of hydrogen-bond donors (Lipinski definition) is 1. The van der Waals surface area contributed by atoms with Crippen LogP contribution in [0.15, 0.2) is 53.8 Å². The molecule has 0 spiro atoms. The van der Waals surface area contributed by atoms with E-state index in [1.54, 1.807) is 18.3 Å². The van der Waals surface area contributed by atoms with Crippen molar-refractivity contribution < 1.29 is 22.7 Å². The second kappa shape index (κ2) is 9.20. The van der Waals surface area contributed by atoms with E-state index in [9.17, 15) is 18.0 Å². The van der Waals surface area contributed by atoms with Gasteiger partial charge in [-0.2, -0.15) is 13.2 Å². The normalized spacial score (nSPS) is 13.0. The van der Waals surface area contributed by atoms with E-state index in [2.05, 4.69) is 22.2 Å². The van der Waals surface area contributed by atoms with Crippen molar-refractivity contribution in [1.82, 2.24) is 9.97 Å². The van der Waals surface area contributed by atoms with E-state index in [-0.39, 0.29) is 17.5 Å². The molecule has 0 unspecified atom stereocenters. The number of anilines is 1. The lowest BCUT2D eigenvalue weighted by Crippen LogP contribution is -2.15. The molecule has 1 aliphatic rings. The van der Waals surface area contributed by atoms with Gasteiger partial charge in [0.1, 0.15) is 11.4 Å². The smallest absolute Gasteiger partial charge is 0.417 e. The minimum Gasteiger partial charge on any atom is -0.437 e. The number of ether oxygens (including phenoxy) is 1. The molecule has 0 bridgehead atoms. The molecule has 0 radical (unpaired) electrons. The minimum atomic E-state index is -4.44. The van der Waals surface area contributed by atoms with E-state index in [4.69, 9.17) is 4.74 Å². The molecule has 1 aromatic carbocycles. The number of hydrogen-bond acceptors (Lipinski definition) is 5. The third kappa shape index (κ3) is 5.04. The average Bonchev–Trinajstić information content (AvgIpc) is 3.26. The standard InChI is InChI=1S/C23H20F3N3O2S/c1-14-7-9-19(17-5-2-4-16(14)17)31-22-18(6-3-11-27-22)29-20(30)13-32-21-10-8-15(12-28-21)23(24,25)26/h3,6-12H,2,4-5,13H2,1H3,(H,29,30). The first-order valence-corrected chi connectivity index (χ1v) is 11.0. The number of pyridine rings is 2. The lowest BCUT2D eigenvalue weighted by molar-refractivity contribution is -0.137. The highest BCUT2D eigenvalue weighted by Crippen LogP contribution is 2.37. The number of nitrogens with zero attached hydrogens (tertiary/aromatic N) is 2. The van der Waals surface area contributed by atoms with Gasteiger partial charge >= 0.3 is 6.18 Å². The molecule has 4 rings (SSSR count). The number of carbonyl (C=O) groups is 1. The van der Waals surface area contributed by atoms with E-state index in [0.717, 1.165) is 49.0 Å². The Morgan fingerprint density at radius 2 is 1.94 bits per heavy atom. The van der Waals surface area contributed by atoms with E-state index in [0.29, 0.717) is 10.7 Å².